The molecule has 29 heavy (non-hydrogen) atoms. The number of hydrogen-bond donors (Lipinski definition) is 2. The number of nitrogens with zero attached hydrogens (tertiary/aromatic N) is 2. The van der Waals surface area contributed by atoms with Crippen molar-refractivity contribution in [2.24, 2.45) is 5.92 Å². The first-order chi connectivity index (χ1) is 13.9. The van der Waals surface area contributed by atoms with Gasteiger partial charge in [0.05, 0.1) is 24.0 Å². The SMILES string of the molecule is Cc1ccc(-c2cc(C(=O)N[C@@H](CO)C(C)C)c(=O)n(-c3ccccc3)n2)cc1. The number of aromatic nitrogens is 2. The summed E-state index contributed by atoms with van der Waals surface area (Å²) in [6.07, 6.45) is 0. The van der Waals surface area contributed by atoms with Crippen LogP contribution in [-0.2, 0) is 0 Å². The Kier molecular flexibility index (Phi) is 6.24. The van der Waals surface area contributed by atoms with Gasteiger partial charge in [-0.25, -0.2) is 0 Å². The van der Waals surface area contributed by atoms with E-state index >= 15 is 0 Å². The molecule has 2 N–H and O–H groups in total. The van der Waals surface area contributed by atoms with Crippen molar-refractivity contribution in [3.8, 4) is 16.9 Å². The second-order valence-electron chi connectivity index (χ2n) is 7.37. The van der Waals surface area contributed by atoms with Gasteiger partial charge >= 0.3 is 0 Å². The van der Waals surface area contributed by atoms with Gasteiger partial charge in [0.25, 0.3) is 11.5 Å². The number of carbonyl (C=O) groups is 1. The van der Waals surface area contributed by atoms with Crippen molar-refractivity contribution in [3.05, 3.63) is 82.1 Å². The van der Waals surface area contributed by atoms with E-state index in [9.17, 15) is 14.7 Å². The molecule has 0 fully saturated rings. The summed E-state index contributed by atoms with van der Waals surface area (Å²) in [4.78, 5) is 26.0. The maximum atomic E-state index is 13.1. The zero-order valence-corrected chi connectivity index (χ0v) is 16.8. The molecule has 0 aliphatic heterocycles. The molecule has 0 unspecified atom stereocenters. The number of nitrogens with one attached hydrogen (secondary N) is 1. The fraction of sp³-hybridized carbons (Fsp3) is 0.261. The van der Waals surface area contributed by atoms with Crippen molar-refractivity contribution in [3.63, 3.8) is 0 Å². The number of carbonyl (C=O) groups excluding carboxylic acids is 1. The minimum absolute atomic E-state index is 0.0153. The standard InChI is InChI=1S/C23H25N3O3/c1-15(2)21(14-27)24-22(28)19-13-20(17-11-9-16(3)10-12-17)25-26(23(19)29)18-7-5-4-6-8-18/h4-13,15,21,27H,14H2,1-3H3,(H,24,28)/t21-/m0/s1. The molecule has 3 aromatic rings. The molecule has 0 aliphatic rings. The van der Waals surface area contributed by atoms with Crippen LogP contribution >= 0.6 is 0 Å². The molecule has 0 saturated heterocycles. The summed E-state index contributed by atoms with van der Waals surface area (Å²) < 4.78 is 1.24. The van der Waals surface area contributed by atoms with Crippen molar-refractivity contribution < 1.29 is 9.90 Å². The van der Waals surface area contributed by atoms with E-state index < -0.39 is 17.5 Å². The van der Waals surface area contributed by atoms with E-state index in [1.165, 1.54) is 10.7 Å². The number of benzene rings is 2. The highest BCUT2D eigenvalue weighted by Gasteiger charge is 2.21. The lowest BCUT2D eigenvalue weighted by atomic mass is 10.0. The van der Waals surface area contributed by atoms with Crippen LogP contribution in [-0.4, -0.2) is 33.4 Å². The summed E-state index contributed by atoms with van der Waals surface area (Å²) in [6, 6.07) is 17.8. The van der Waals surface area contributed by atoms with Crippen LogP contribution < -0.4 is 10.9 Å². The Bertz CT molecular complexity index is 1040. The van der Waals surface area contributed by atoms with Crippen molar-refractivity contribution in [2.75, 3.05) is 6.61 Å². The van der Waals surface area contributed by atoms with Crippen LogP contribution in [0, 0.1) is 12.8 Å². The fourth-order valence-electron chi connectivity index (χ4n) is 2.94. The second kappa shape index (κ2) is 8.84. The number of aryl methyl sites for hydroxylation is 1. The van der Waals surface area contributed by atoms with Crippen LogP contribution in [0.2, 0.25) is 0 Å². The monoisotopic (exact) mass is 391 g/mol. The summed E-state index contributed by atoms with van der Waals surface area (Å²) in [5.41, 5.74) is 2.47. The predicted octanol–water partition coefficient (Wildman–Crippen LogP) is 2.95. The Morgan fingerprint density at radius 1 is 1.10 bits per heavy atom. The lowest BCUT2D eigenvalue weighted by Crippen LogP contribution is -2.43. The molecular weight excluding hydrogens is 366 g/mol. The Morgan fingerprint density at radius 2 is 1.76 bits per heavy atom. The molecule has 2 aromatic carbocycles. The van der Waals surface area contributed by atoms with Crippen LogP contribution in [0.1, 0.15) is 29.8 Å². The third kappa shape index (κ3) is 4.60. The van der Waals surface area contributed by atoms with E-state index in [2.05, 4.69) is 10.4 Å². The van der Waals surface area contributed by atoms with Gasteiger partial charge in [0.1, 0.15) is 5.56 Å². The van der Waals surface area contributed by atoms with E-state index in [0.29, 0.717) is 11.4 Å². The number of rotatable bonds is 6. The molecular formula is C23H25N3O3. The Labute approximate surface area is 169 Å². The topological polar surface area (TPSA) is 84.2 Å². The number of aliphatic hydroxyl groups excluding tert-OH is 1. The first-order valence-corrected chi connectivity index (χ1v) is 9.59. The average molecular weight is 391 g/mol. The highest BCUT2D eigenvalue weighted by molar-refractivity contribution is 5.95. The molecule has 1 amide bonds. The zero-order valence-electron chi connectivity index (χ0n) is 16.8. The Balaban J connectivity index is 2.14. The maximum Gasteiger partial charge on any atom is 0.284 e. The maximum absolute atomic E-state index is 13.1. The van der Waals surface area contributed by atoms with Crippen LogP contribution in [0.4, 0.5) is 0 Å². The molecule has 1 atom stereocenters. The third-order valence-electron chi connectivity index (χ3n) is 4.82. The van der Waals surface area contributed by atoms with Gasteiger partial charge in [0.15, 0.2) is 0 Å². The van der Waals surface area contributed by atoms with E-state index in [1.54, 1.807) is 12.1 Å². The first kappa shape index (κ1) is 20.5. The second-order valence-corrected chi connectivity index (χ2v) is 7.37. The molecule has 150 valence electrons. The molecule has 1 heterocycles. The molecule has 3 rings (SSSR count). The summed E-state index contributed by atoms with van der Waals surface area (Å²) in [5.74, 6) is -0.498. The molecule has 0 bridgehead atoms. The summed E-state index contributed by atoms with van der Waals surface area (Å²) in [7, 11) is 0. The van der Waals surface area contributed by atoms with Gasteiger partial charge in [-0.05, 0) is 31.0 Å². The molecule has 0 spiro atoms. The largest absolute Gasteiger partial charge is 0.394 e. The third-order valence-corrected chi connectivity index (χ3v) is 4.82. The molecule has 0 aliphatic carbocycles. The zero-order chi connectivity index (χ0) is 21.0. The van der Waals surface area contributed by atoms with Gasteiger partial charge in [0.2, 0.25) is 0 Å². The number of hydrogen-bond acceptors (Lipinski definition) is 4. The quantitative estimate of drug-likeness (QED) is 0.677. The Morgan fingerprint density at radius 3 is 2.34 bits per heavy atom. The molecule has 0 radical (unpaired) electrons. The van der Waals surface area contributed by atoms with Crippen LogP contribution in [0.3, 0.4) is 0 Å². The lowest BCUT2D eigenvalue weighted by molar-refractivity contribution is 0.0894. The highest BCUT2D eigenvalue weighted by atomic mass is 16.3. The van der Waals surface area contributed by atoms with Crippen molar-refractivity contribution in [1.82, 2.24) is 15.1 Å². The first-order valence-electron chi connectivity index (χ1n) is 9.59. The Hall–Kier alpha value is -3.25. The van der Waals surface area contributed by atoms with E-state index in [0.717, 1.165) is 11.1 Å². The normalized spacial score (nSPS) is 12.0. The minimum Gasteiger partial charge on any atom is -0.394 e. The van der Waals surface area contributed by atoms with Crippen LogP contribution in [0.5, 0.6) is 0 Å². The smallest absolute Gasteiger partial charge is 0.284 e. The predicted molar refractivity (Wildman–Crippen MR) is 113 cm³/mol. The van der Waals surface area contributed by atoms with Gasteiger partial charge in [0, 0.05) is 5.56 Å². The van der Waals surface area contributed by atoms with E-state index in [4.69, 9.17) is 0 Å². The number of aliphatic hydroxyl groups is 1. The number of amides is 1. The van der Waals surface area contributed by atoms with Crippen molar-refractivity contribution >= 4 is 5.91 Å². The number of para-hydroxylation sites is 1. The minimum atomic E-state index is -0.525. The average Bonchev–Trinajstić information content (AvgIpc) is 2.73. The van der Waals surface area contributed by atoms with Crippen molar-refractivity contribution in [2.45, 2.75) is 26.8 Å². The highest BCUT2D eigenvalue weighted by Crippen LogP contribution is 2.18. The molecule has 6 nitrogen and oxygen atoms in total. The molecule has 1 aromatic heterocycles. The van der Waals surface area contributed by atoms with Gasteiger partial charge in [-0.3, -0.25) is 9.59 Å². The van der Waals surface area contributed by atoms with Crippen LogP contribution in [0.15, 0.2) is 65.5 Å². The molecule has 0 saturated carbocycles. The van der Waals surface area contributed by atoms with E-state index in [-0.39, 0.29) is 18.1 Å². The van der Waals surface area contributed by atoms with E-state index in [1.807, 2.05) is 63.2 Å². The summed E-state index contributed by atoms with van der Waals surface area (Å²) in [6.45, 7) is 5.58. The molecule has 6 heteroatoms. The summed E-state index contributed by atoms with van der Waals surface area (Å²) in [5, 5.41) is 16.8. The summed E-state index contributed by atoms with van der Waals surface area (Å²) >= 11 is 0. The van der Waals surface area contributed by atoms with Gasteiger partial charge in [-0.15, -0.1) is 0 Å². The van der Waals surface area contributed by atoms with Crippen molar-refractivity contribution in [1.29, 1.82) is 0 Å². The van der Waals surface area contributed by atoms with Gasteiger partial charge in [-0.2, -0.15) is 9.78 Å². The van der Waals surface area contributed by atoms with Gasteiger partial charge < -0.3 is 10.4 Å². The van der Waals surface area contributed by atoms with Crippen LogP contribution in [0.25, 0.3) is 16.9 Å². The fourth-order valence-corrected chi connectivity index (χ4v) is 2.94. The lowest BCUT2D eigenvalue weighted by Gasteiger charge is -2.20. The van der Waals surface area contributed by atoms with Gasteiger partial charge in [-0.1, -0.05) is 61.9 Å².